The molecule has 1 rings (SSSR count). The van der Waals surface area contributed by atoms with Crippen LogP contribution >= 0.6 is 0 Å². The van der Waals surface area contributed by atoms with E-state index in [1.165, 1.54) is 0 Å². The maximum atomic E-state index is 12.0. The average Bonchev–Trinajstić information content (AvgIpc) is 2.27. The van der Waals surface area contributed by atoms with Gasteiger partial charge in [0.25, 0.3) is 0 Å². The van der Waals surface area contributed by atoms with Gasteiger partial charge in [-0.05, 0) is 13.8 Å². The van der Waals surface area contributed by atoms with Crippen molar-refractivity contribution in [2.24, 2.45) is 22.2 Å². The van der Waals surface area contributed by atoms with Crippen LogP contribution in [0.5, 0.6) is 0 Å². The van der Waals surface area contributed by atoms with E-state index in [9.17, 15) is 4.79 Å². The zero-order valence-corrected chi connectivity index (χ0v) is 11.2. The Balaban J connectivity index is 2.33. The summed E-state index contributed by atoms with van der Waals surface area (Å²) >= 11 is 0. The van der Waals surface area contributed by atoms with Crippen LogP contribution in [0.2, 0.25) is 0 Å². The number of nitrogens with zero attached hydrogens (tertiary/aromatic N) is 3. The predicted molar refractivity (Wildman–Crippen MR) is 72.0 cm³/mol. The number of rotatable bonds is 4. The molecule has 1 saturated heterocycles. The van der Waals surface area contributed by atoms with Crippen molar-refractivity contribution in [3.63, 3.8) is 0 Å². The molecule has 7 nitrogen and oxygen atoms in total. The zero-order chi connectivity index (χ0) is 13.8. The van der Waals surface area contributed by atoms with Crippen LogP contribution in [0.3, 0.4) is 0 Å². The molecule has 0 atom stereocenters. The third-order valence-electron chi connectivity index (χ3n) is 2.92. The Morgan fingerprint density at radius 1 is 1.22 bits per heavy atom. The highest BCUT2D eigenvalue weighted by atomic mass is 16.2. The van der Waals surface area contributed by atoms with Crippen LogP contribution in [-0.4, -0.2) is 66.5 Å². The Hall–Kier alpha value is -1.34. The first-order chi connectivity index (χ1) is 8.30. The summed E-state index contributed by atoms with van der Waals surface area (Å²) < 4.78 is 0. The number of carbonyl (C=O) groups is 1. The first kappa shape index (κ1) is 14.7. The normalized spacial score (nSPS) is 17.6. The number of hydrogen-bond donors (Lipinski definition) is 3. The molecule has 0 aromatic heterocycles. The minimum Gasteiger partial charge on any atom is -0.370 e. The molecule has 6 N–H and O–H groups in total. The van der Waals surface area contributed by atoms with E-state index in [1.54, 1.807) is 13.8 Å². The van der Waals surface area contributed by atoms with E-state index in [2.05, 4.69) is 9.89 Å². The highest BCUT2D eigenvalue weighted by Gasteiger charge is 2.29. The second-order valence-electron chi connectivity index (χ2n) is 5.16. The molecule has 1 fully saturated rings. The van der Waals surface area contributed by atoms with E-state index in [0.29, 0.717) is 19.6 Å². The van der Waals surface area contributed by atoms with Crippen LogP contribution in [0, 0.1) is 0 Å². The fourth-order valence-electron chi connectivity index (χ4n) is 1.90. The molecule has 0 radical (unpaired) electrons. The minimum atomic E-state index is -0.791. The quantitative estimate of drug-likeness (QED) is 0.403. The molecular formula is C11H24N6O. The van der Waals surface area contributed by atoms with Gasteiger partial charge in [0, 0.05) is 32.7 Å². The molecule has 0 aromatic carbocycles. The SMILES string of the molecule is CC(C)(N)C(=O)N1CCN(CCN=C(N)N)CC1. The van der Waals surface area contributed by atoms with E-state index >= 15 is 0 Å². The summed E-state index contributed by atoms with van der Waals surface area (Å²) in [5, 5.41) is 0. The van der Waals surface area contributed by atoms with Gasteiger partial charge in [-0.2, -0.15) is 0 Å². The Morgan fingerprint density at radius 2 is 1.78 bits per heavy atom. The Kier molecular flexibility index (Phi) is 4.92. The lowest BCUT2D eigenvalue weighted by Crippen LogP contribution is -2.57. The number of nitrogens with two attached hydrogens (primary N) is 3. The standard InChI is InChI=1S/C11H24N6O/c1-11(2,14)9(18)17-7-5-16(6-8-17)4-3-15-10(12)13/h3-8,14H2,1-2H3,(H4,12,13,15). The number of aliphatic imine (C=N–C) groups is 1. The van der Waals surface area contributed by atoms with Crippen molar-refractivity contribution < 1.29 is 4.79 Å². The zero-order valence-electron chi connectivity index (χ0n) is 11.2. The molecule has 104 valence electrons. The van der Waals surface area contributed by atoms with E-state index in [0.717, 1.165) is 19.6 Å². The maximum Gasteiger partial charge on any atom is 0.242 e. The second kappa shape index (κ2) is 6.01. The van der Waals surface area contributed by atoms with Gasteiger partial charge in [0.2, 0.25) is 5.91 Å². The van der Waals surface area contributed by atoms with Crippen molar-refractivity contribution >= 4 is 11.9 Å². The van der Waals surface area contributed by atoms with Crippen LogP contribution in [-0.2, 0) is 4.79 Å². The first-order valence-corrected chi connectivity index (χ1v) is 6.16. The minimum absolute atomic E-state index is 0.00590. The number of carbonyl (C=O) groups excluding carboxylic acids is 1. The van der Waals surface area contributed by atoms with Crippen molar-refractivity contribution in [1.29, 1.82) is 0 Å². The molecule has 1 heterocycles. The largest absolute Gasteiger partial charge is 0.370 e. The van der Waals surface area contributed by atoms with Gasteiger partial charge in [-0.25, -0.2) is 0 Å². The van der Waals surface area contributed by atoms with Gasteiger partial charge >= 0.3 is 0 Å². The van der Waals surface area contributed by atoms with Gasteiger partial charge in [-0.1, -0.05) is 0 Å². The maximum absolute atomic E-state index is 12.0. The average molecular weight is 256 g/mol. The number of guanidine groups is 1. The topological polar surface area (TPSA) is 114 Å². The second-order valence-corrected chi connectivity index (χ2v) is 5.16. The molecular weight excluding hydrogens is 232 g/mol. The Bertz CT molecular complexity index is 310. The molecule has 1 aliphatic rings. The number of piperazine rings is 1. The Labute approximate surface area is 108 Å². The summed E-state index contributed by atoms with van der Waals surface area (Å²) in [4.78, 5) is 20.0. The smallest absolute Gasteiger partial charge is 0.242 e. The lowest BCUT2D eigenvalue weighted by Gasteiger charge is -2.37. The molecule has 0 bridgehead atoms. The lowest BCUT2D eigenvalue weighted by molar-refractivity contribution is -0.137. The van der Waals surface area contributed by atoms with Crippen molar-refractivity contribution in [3.8, 4) is 0 Å². The third kappa shape index (κ3) is 4.50. The molecule has 0 aliphatic carbocycles. The number of hydrogen-bond acceptors (Lipinski definition) is 4. The predicted octanol–water partition coefficient (Wildman–Crippen LogP) is -1.86. The molecule has 7 heteroatoms. The van der Waals surface area contributed by atoms with Crippen LogP contribution < -0.4 is 17.2 Å². The molecule has 1 amide bonds. The van der Waals surface area contributed by atoms with E-state index in [4.69, 9.17) is 17.2 Å². The van der Waals surface area contributed by atoms with E-state index < -0.39 is 5.54 Å². The molecule has 0 saturated carbocycles. The summed E-state index contributed by atoms with van der Waals surface area (Å²) in [5.74, 6) is 0.125. The number of amides is 1. The molecule has 0 spiro atoms. The monoisotopic (exact) mass is 256 g/mol. The van der Waals surface area contributed by atoms with E-state index in [-0.39, 0.29) is 11.9 Å². The molecule has 0 unspecified atom stereocenters. The van der Waals surface area contributed by atoms with Crippen molar-refractivity contribution in [2.75, 3.05) is 39.3 Å². The summed E-state index contributed by atoms with van der Waals surface area (Å²) in [5.41, 5.74) is 15.5. The van der Waals surface area contributed by atoms with Gasteiger partial charge in [0.05, 0.1) is 12.1 Å². The summed E-state index contributed by atoms with van der Waals surface area (Å²) in [6.45, 7) is 7.97. The van der Waals surface area contributed by atoms with Gasteiger partial charge in [0.1, 0.15) is 0 Å². The molecule has 0 aromatic rings. The Morgan fingerprint density at radius 3 is 2.22 bits per heavy atom. The summed E-state index contributed by atoms with van der Waals surface area (Å²) in [6, 6.07) is 0. The van der Waals surface area contributed by atoms with Gasteiger partial charge in [0.15, 0.2) is 5.96 Å². The van der Waals surface area contributed by atoms with Crippen molar-refractivity contribution in [1.82, 2.24) is 9.80 Å². The summed E-state index contributed by atoms with van der Waals surface area (Å²) in [7, 11) is 0. The molecule has 18 heavy (non-hydrogen) atoms. The van der Waals surface area contributed by atoms with Crippen molar-refractivity contribution in [3.05, 3.63) is 0 Å². The molecule has 1 aliphatic heterocycles. The first-order valence-electron chi connectivity index (χ1n) is 6.16. The fraction of sp³-hybridized carbons (Fsp3) is 0.818. The van der Waals surface area contributed by atoms with Gasteiger partial charge in [-0.3, -0.25) is 14.7 Å². The highest BCUT2D eigenvalue weighted by Crippen LogP contribution is 2.08. The van der Waals surface area contributed by atoms with Crippen LogP contribution in [0.15, 0.2) is 4.99 Å². The van der Waals surface area contributed by atoms with E-state index in [1.807, 2.05) is 4.90 Å². The third-order valence-corrected chi connectivity index (χ3v) is 2.92. The fourth-order valence-corrected chi connectivity index (χ4v) is 1.90. The van der Waals surface area contributed by atoms with Crippen LogP contribution in [0.1, 0.15) is 13.8 Å². The lowest BCUT2D eigenvalue weighted by atomic mass is 10.0. The summed E-state index contributed by atoms with van der Waals surface area (Å²) in [6.07, 6.45) is 0. The van der Waals surface area contributed by atoms with Crippen LogP contribution in [0.25, 0.3) is 0 Å². The highest BCUT2D eigenvalue weighted by molar-refractivity contribution is 5.85. The van der Waals surface area contributed by atoms with Gasteiger partial charge < -0.3 is 22.1 Å². The van der Waals surface area contributed by atoms with Crippen LogP contribution in [0.4, 0.5) is 0 Å². The van der Waals surface area contributed by atoms with Crippen molar-refractivity contribution in [2.45, 2.75) is 19.4 Å². The van der Waals surface area contributed by atoms with Gasteiger partial charge in [-0.15, -0.1) is 0 Å².